The number of unbranched alkanes of at least 4 members (excludes halogenated alkanes) is 1. The van der Waals surface area contributed by atoms with Gasteiger partial charge in [-0.15, -0.1) is 10.2 Å². The second kappa shape index (κ2) is 10.8. The van der Waals surface area contributed by atoms with Gasteiger partial charge in [0, 0.05) is 12.1 Å². The van der Waals surface area contributed by atoms with Crippen LogP contribution in [0.1, 0.15) is 35.7 Å². The van der Waals surface area contributed by atoms with Gasteiger partial charge in [0.05, 0.1) is 16.1 Å². The number of halogens is 4. The Kier molecular flexibility index (Phi) is 8.04. The molecular formula is C22H19ClF3N3O3S. The molecule has 0 bridgehead atoms. The summed E-state index contributed by atoms with van der Waals surface area (Å²) in [6, 6.07) is 9.86. The third-order valence-electron chi connectivity index (χ3n) is 4.57. The molecule has 0 N–H and O–H groups in total. The van der Waals surface area contributed by atoms with Gasteiger partial charge >= 0.3 is 6.18 Å². The van der Waals surface area contributed by atoms with E-state index in [1.807, 2.05) is 6.92 Å². The van der Waals surface area contributed by atoms with Crippen LogP contribution < -0.4 is 9.64 Å². The Bertz CT molecular complexity index is 1140. The van der Waals surface area contributed by atoms with Crippen molar-refractivity contribution in [1.29, 1.82) is 0 Å². The summed E-state index contributed by atoms with van der Waals surface area (Å²) < 4.78 is 46.1. The lowest BCUT2D eigenvalue weighted by molar-refractivity contribution is -0.137. The van der Waals surface area contributed by atoms with Crippen molar-refractivity contribution in [2.75, 3.05) is 18.1 Å². The number of anilines is 1. The van der Waals surface area contributed by atoms with Gasteiger partial charge in [-0.25, -0.2) is 0 Å². The third-order valence-corrected chi connectivity index (χ3v) is 5.88. The van der Waals surface area contributed by atoms with E-state index in [1.165, 1.54) is 17.0 Å². The molecule has 3 rings (SSSR count). The molecule has 0 fully saturated rings. The van der Waals surface area contributed by atoms with Crippen molar-refractivity contribution in [1.82, 2.24) is 10.2 Å². The monoisotopic (exact) mass is 497 g/mol. The zero-order chi connectivity index (χ0) is 24.0. The van der Waals surface area contributed by atoms with Crippen LogP contribution >= 0.6 is 22.9 Å². The minimum atomic E-state index is -4.70. The molecule has 0 aliphatic rings. The smallest absolute Gasteiger partial charge is 0.417 e. The van der Waals surface area contributed by atoms with E-state index in [4.69, 9.17) is 16.3 Å². The number of amides is 1. The van der Waals surface area contributed by atoms with Crippen LogP contribution in [0.5, 0.6) is 5.75 Å². The molecule has 6 nitrogen and oxygen atoms in total. The molecule has 174 valence electrons. The van der Waals surface area contributed by atoms with Crippen molar-refractivity contribution >= 4 is 40.3 Å². The number of alkyl halides is 3. The summed E-state index contributed by atoms with van der Waals surface area (Å²) >= 11 is 7.04. The number of hydrogen-bond donors (Lipinski definition) is 0. The summed E-state index contributed by atoms with van der Waals surface area (Å²) in [5, 5.41) is 8.35. The van der Waals surface area contributed by atoms with Gasteiger partial charge in [-0.2, -0.15) is 13.2 Å². The molecule has 11 heteroatoms. The van der Waals surface area contributed by atoms with Gasteiger partial charge in [0.15, 0.2) is 6.29 Å². The first-order valence-corrected chi connectivity index (χ1v) is 11.1. The van der Waals surface area contributed by atoms with Crippen molar-refractivity contribution in [2.24, 2.45) is 0 Å². The molecule has 1 amide bonds. The molecule has 0 unspecified atom stereocenters. The molecule has 0 radical (unpaired) electrons. The number of ether oxygens (including phenoxy) is 1. The molecule has 0 atom stereocenters. The quantitative estimate of drug-likeness (QED) is 0.344. The van der Waals surface area contributed by atoms with Crippen LogP contribution in [0.25, 0.3) is 10.6 Å². The number of benzene rings is 2. The van der Waals surface area contributed by atoms with Crippen molar-refractivity contribution in [3.8, 4) is 16.3 Å². The van der Waals surface area contributed by atoms with Gasteiger partial charge in [0.2, 0.25) is 5.13 Å². The van der Waals surface area contributed by atoms with Crippen LogP contribution in [0.4, 0.5) is 18.3 Å². The first-order valence-electron chi connectivity index (χ1n) is 9.94. The Morgan fingerprint density at radius 2 is 1.97 bits per heavy atom. The van der Waals surface area contributed by atoms with E-state index in [0.717, 1.165) is 23.8 Å². The Hall–Kier alpha value is -2.98. The Morgan fingerprint density at radius 1 is 1.21 bits per heavy atom. The Labute approximate surface area is 197 Å². The van der Waals surface area contributed by atoms with Gasteiger partial charge in [-0.1, -0.05) is 48.4 Å². The second-order valence-corrected chi connectivity index (χ2v) is 8.23. The van der Waals surface area contributed by atoms with Gasteiger partial charge in [-0.3, -0.25) is 14.5 Å². The largest absolute Gasteiger partial charge is 0.486 e. The average Bonchev–Trinajstić information content (AvgIpc) is 3.27. The highest BCUT2D eigenvalue weighted by molar-refractivity contribution is 7.18. The Morgan fingerprint density at radius 3 is 2.64 bits per heavy atom. The minimum Gasteiger partial charge on any atom is -0.486 e. The maximum atomic E-state index is 13.7. The van der Waals surface area contributed by atoms with Gasteiger partial charge in [-0.05, 0) is 36.8 Å². The number of carbonyl (C=O) groups is 2. The summed E-state index contributed by atoms with van der Waals surface area (Å²) in [5.41, 5.74) is -0.920. The van der Waals surface area contributed by atoms with Gasteiger partial charge in [0.25, 0.3) is 5.91 Å². The van der Waals surface area contributed by atoms with Gasteiger partial charge < -0.3 is 4.74 Å². The van der Waals surface area contributed by atoms with Crippen LogP contribution in [0.3, 0.4) is 0 Å². The first-order chi connectivity index (χ1) is 15.8. The summed E-state index contributed by atoms with van der Waals surface area (Å²) in [5.74, 6) is -0.508. The third kappa shape index (κ3) is 5.88. The Balaban J connectivity index is 2.00. The van der Waals surface area contributed by atoms with Crippen molar-refractivity contribution in [3.05, 3.63) is 58.6 Å². The number of hydrogen-bond acceptors (Lipinski definition) is 6. The molecule has 3 aromatic rings. The molecule has 0 spiro atoms. The first kappa shape index (κ1) is 24.7. The average molecular weight is 498 g/mol. The highest BCUT2D eigenvalue weighted by Gasteiger charge is 2.35. The lowest BCUT2D eigenvalue weighted by atomic mass is 10.1. The lowest BCUT2D eigenvalue weighted by Gasteiger charge is -2.19. The van der Waals surface area contributed by atoms with Crippen LogP contribution in [-0.2, 0) is 11.0 Å². The zero-order valence-electron chi connectivity index (χ0n) is 17.4. The van der Waals surface area contributed by atoms with Crippen molar-refractivity contribution in [2.45, 2.75) is 25.9 Å². The standard InChI is InChI=1S/C22H19ClF3N3O3S/c1-2-3-10-29(20(31)16-6-4-5-7-18(16)23)21-28-27-19(33-21)15-9-8-14(32-12-11-30)13-17(15)22(24,25)26/h4-9,11,13H,2-3,10,12H2,1H3. The molecule has 0 saturated heterocycles. The van der Waals surface area contributed by atoms with E-state index in [-0.39, 0.29) is 38.6 Å². The minimum absolute atomic E-state index is 0.00674. The normalized spacial score (nSPS) is 11.3. The van der Waals surface area contributed by atoms with E-state index >= 15 is 0 Å². The molecule has 0 aliphatic heterocycles. The topological polar surface area (TPSA) is 72.4 Å². The van der Waals surface area contributed by atoms with E-state index < -0.39 is 17.6 Å². The molecule has 1 heterocycles. The van der Waals surface area contributed by atoms with E-state index in [2.05, 4.69) is 10.2 Å². The van der Waals surface area contributed by atoms with Gasteiger partial charge in [0.1, 0.15) is 17.4 Å². The summed E-state index contributed by atoms with van der Waals surface area (Å²) in [6.45, 7) is 1.89. The van der Waals surface area contributed by atoms with E-state index in [9.17, 15) is 22.8 Å². The number of aldehydes is 1. The maximum Gasteiger partial charge on any atom is 0.417 e. The fraction of sp³-hybridized carbons (Fsp3) is 0.273. The fourth-order valence-electron chi connectivity index (χ4n) is 2.98. The highest BCUT2D eigenvalue weighted by atomic mass is 35.5. The predicted octanol–water partition coefficient (Wildman–Crippen LogP) is 5.90. The molecular weight excluding hydrogens is 479 g/mol. The lowest BCUT2D eigenvalue weighted by Crippen LogP contribution is -2.32. The zero-order valence-corrected chi connectivity index (χ0v) is 19.0. The summed E-state index contributed by atoms with van der Waals surface area (Å²) in [6.07, 6.45) is -2.81. The van der Waals surface area contributed by atoms with E-state index in [1.54, 1.807) is 24.3 Å². The molecule has 0 saturated carbocycles. The number of rotatable bonds is 9. The molecule has 0 aliphatic carbocycles. The van der Waals surface area contributed by atoms with Crippen LogP contribution in [-0.4, -0.2) is 35.5 Å². The predicted molar refractivity (Wildman–Crippen MR) is 120 cm³/mol. The molecule has 2 aromatic carbocycles. The fourth-order valence-corrected chi connectivity index (χ4v) is 4.10. The van der Waals surface area contributed by atoms with Crippen LogP contribution in [0.2, 0.25) is 5.02 Å². The van der Waals surface area contributed by atoms with Crippen LogP contribution in [0.15, 0.2) is 42.5 Å². The maximum absolute atomic E-state index is 13.7. The highest BCUT2D eigenvalue weighted by Crippen LogP contribution is 2.41. The van der Waals surface area contributed by atoms with Crippen LogP contribution in [0, 0.1) is 0 Å². The number of carbonyl (C=O) groups excluding carboxylic acids is 2. The van der Waals surface area contributed by atoms with Crippen molar-refractivity contribution < 1.29 is 27.5 Å². The SMILES string of the molecule is CCCCN(C(=O)c1ccccc1Cl)c1nnc(-c2ccc(OCC=O)cc2C(F)(F)F)s1. The second-order valence-electron chi connectivity index (χ2n) is 6.86. The molecule has 33 heavy (non-hydrogen) atoms. The molecule has 1 aromatic heterocycles. The van der Waals surface area contributed by atoms with E-state index in [0.29, 0.717) is 19.3 Å². The summed E-state index contributed by atoms with van der Waals surface area (Å²) in [7, 11) is 0. The number of aromatic nitrogens is 2. The number of nitrogens with zero attached hydrogens (tertiary/aromatic N) is 3. The van der Waals surface area contributed by atoms with Crippen molar-refractivity contribution in [3.63, 3.8) is 0 Å². The summed E-state index contributed by atoms with van der Waals surface area (Å²) in [4.78, 5) is 25.0.